The molecule has 20 heavy (non-hydrogen) atoms. The molecule has 0 aliphatic heterocycles. The molecule has 0 saturated carbocycles. The number of anilines is 1. The van der Waals surface area contributed by atoms with Gasteiger partial charge >= 0.3 is 11.8 Å². The lowest BCUT2D eigenvalue weighted by atomic mass is 10.1. The molecule has 5 nitrogen and oxygen atoms in total. The number of aliphatic hydroxyl groups excluding tert-OH is 1. The first kappa shape index (κ1) is 16.0. The van der Waals surface area contributed by atoms with Gasteiger partial charge in [0.25, 0.3) is 0 Å². The molecule has 1 aromatic carbocycles. The highest BCUT2D eigenvalue weighted by Gasteiger charge is 2.19. The highest BCUT2D eigenvalue weighted by Crippen LogP contribution is 2.16. The molecule has 3 N–H and O–H groups in total. The van der Waals surface area contributed by atoms with E-state index >= 15 is 0 Å². The predicted molar refractivity (Wildman–Crippen MR) is 68.9 cm³/mol. The normalized spacial score (nSPS) is 11.8. The Hall–Kier alpha value is -2.02. The fourth-order valence-electron chi connectivity index (χ4n) is 1.56. The minimum Gasteiger partial charge on any atom is -0.396 e. The van der Waals surface area contributed by atoms with Crippen molar-refractivity contribution in [3.8, 4) is 0 Å². The van der Waals surface area contributed by atoms with Crippen LogP contribution in [-0.2, 0) is 9.59 Å². The summed E-state index contributed by atoms with van der Waals surface area (Å²) in [6.45, 7) is 1.66. The predicted octanol–water partition coefficient (Wildman–Crippen LogP) is 1.18. The lowest BCUT2D eigenvalue weighted by molar-refractivity contribution is -0.136. The molecule has 1 atom stereocenters. The van der Waals surface area contributed by atoms with Crippen LogP contribution in [0.3, 0.4) is 0 Å². The number of amides is 2. The average Bonchev–Trinajstić information content (AvgIpc) is 2.43. The number of hydrogen-bond acceptors (Lipinski definition) is 3. The molecule has 0 aromatic heterocycles. The van der Waals surface area contributed by atoms with Gasteiger partial charge in [0, 0.05) is 12.6 Å². The van der Waals surface area contributed by atoms with Crippen molar-refractivity contribution in [3.05, 3.63) is 29.8 Å². The van der Waals surface area contributed by atoms with Gasteiger partial charge in [-0.15, -0.1) is 0 Å². The number of hydrogen-bond donors (Lipinski definition) is 3. The Labute approximate surface area is 115 Å². The van der Waals surface area contributed by atoms with Crippen molar-refractivity contribution < 1.29 is 23.5 Å². The van der Waals surface area contributed by atoms with Gasteiger partial charge in [-0.1, -0.05) is 13.0 Å². The van der Waals surface area contributed by atoms with E-state index in [1.165, 1.54) is 6.07 Å². The van der Waals surface area contributed by atoms with Crippen molar-refractivity contribution in [1.82, 2.24) is 5.32 Å². The van der Waals surface area contributed by atoms with E-state index in [4.69, 9.17) is 5.11 Å². The summed E-state index contributed by atoms with van der Waals surface area (Å²) in [6.07, 6.45) is 0.845. The molecule has 0 aliphatic carbocycles. The fraction of sp³-hybridized carbons (Fsp3) is 0.385. The van der Waals surface area contributed by atoms with Crippen molar-refractivity contribution in [3.63, 3.8) is 0 Å². The smallest absolute Gasteiger partial charge is 0.313 e. The van der Waals surface area contributed by atoms with Crippen LogP contribution in [0, 0.1) is 11.6 Å². The Balaban J connectivity index is 2.66. The second kappa shape index (κ2) is 7.54. The molecule has 7 heteroatoms. The standard InChI is InChI=1S/C13H16F2N2O3/c1-2-8(6-7-18)16-12(19)13(20)17-10-5-3-4-9(14)11(10)15/h3-5,8,18H,2,6-7H2,1H3,(H,16,19)(H,17,20). The van der Waals surface area contributed by atoms with Crippen LogP contribution in [0.15, 0.2) is 18.2 Å². The van der Waals surface area contributed by atoms with Gasteiger partial charge in [-0.2, -0.15) is 0 Å². The third-order valence-corrected chi connectivity index (χ3v) is 2.71. The molecule has 0 fully saturated rings. The zero-order chi connectivity index (χ0) is 15.1. The molecule has 110 valence electrons. The minimum atomic E-state index is -1.23. The summed E-state index contributed by atoms with van der Waals surface area (Å²) in [5.74, 6) is -4.40. The number of rotatable bonds is 5. The number of carbonyl (C=O) groups is 2. The maximum atomic E-state index is 13.3. The SMILES string of the molecule is CCC(CCO)NC(=O)C(=O)Nc1cccc(F)c1F. The van der Waals surface area contributed by atoms with Crippen LogP contribution in [0.5, 0.6) is 0 Å². The molecule has 0 aliphatic rings. The molecule has 0 heterocycles. The van der Waals surface area contributed by atoms with Crippen LogP contribution in [0.1, 0.15) is 19.8 Å². The zero-order valence-corrected chi connectivity index (χ0v) is 11.0. The molecule has 2 amide bonds. The quantitative estimate of drug-likeness (QED) is 0.711. The second-order valence-electron chi connectivity index (χ2n) is 4.15. The number of nitrogens with one attached hydrogen (secondary N) is 2. The van der Waals surface area contributed by atoms with Gasteiger partial charge < -0.3 is 15.7 Å². The molecular formula is C13H16F2N2O3. The molecule has 0 bridgehead atoms. The van der Waals surface area contributed by atoms with Crippen LogP contribution in [0.25, 0.3) is 0 Å². The highest BCUT2D eigenvalue weighted by atomic mass is 19.2. The monoisotopic (exact) mass is 286 g/mol. The van der Waals surface area contributed by atoms with Crippen LogP contribution in [-0.4, -0.2) is 29.6 Å². The summed E-state index contributed by atoms with van der Waals surface area (Å²) < 4.78 is 26.3. The Morgan fingerprint density at radius 1 is 1.30 bits per heavy atom. The second-order valence-corrected chi connectivity index (χ2v) is 4.15. The van der Waals surface area contributed by atoms with Crippen molar-refractivity contribution in [2.45, 2.75) is 25.8 Å². The fourth-order valence-corrected chi connectivity index (χ4v) is 1.56. The van der Waals surface area contributed by atoms with Crippen LogP contribution < -0.4 is 10.6 Å². The third-order valence-electron chi connectivity index (χ3n) is 2.71. The maximum Gasteiger partial charge on any atom is 0.313 e. The van der Waals surface area contributed by atoms with E-state index < -0.39 is 29.1 Å². The Kier molecular flexibility index (Phi) is 6.05. The number of aliphatic hydroxyl groups is 1. The maximum absolute atomic E-state index is 13.3. The zero-order valence-electron chi connectivity index (χ0n) is 11.0. The lowest BCUT2D eigenvalue weighted by Crippen LogP contribution is -2.42. The summed E-state index contributed by atoms with van der Waals surface area (Å²) in [5.41, 5.74) is -0.402. The van der Waals surface area contributed by atoms with Crippen LogP contribution in [0.2, 0.25) is 0 Å². The summed E-state index contributed by atoms with van der Waals surface area (Å²) >= 11 is 0. The summed E-state index contributed by atoms with van der Waals surface area (Å²) in [5, 5.41) is 13.2. The Bertz CT molecular complexity index is 495. The average molecular weight is 286 g/mol. The molecule has 0 saturated heterocycles. The molecule has 0 radical (unpaired) electrons. The number of carbonyl (C=O) groups excluding carboxylic acids is 2. The van der Waals surface area contributed by atoms with Crippen molar-refractivity contribution >= 4 is 17.5 Å². The summed E-state index contributed by atoms with van der Waals surface area (Å²) in [7, 11) is 0. The van der Waals surface area contributed by atoms with Gasteiger partial charge in [0.2, 0.25) is 0 Å². The van der Waals surface area contributed by atoms with Gasteiger partial charge in [0.15, 0.2) is 11.6 Å². The van der Waals surface area contributed by atoms with Gasteiger partial charge in [-0.3, -0.25) is 9.59 Å². The topological polar surface area (TPSA) is 78.4 Å². The molecule has 0 spiro atoms. The third kappa shape index (κ3) is 4.27. The van der Waals surface area contributed by atoms with Gasteiger partial charge in [-0.25, -0.2) is 8.78 Å². The molecule has 1 aromatic rings. The lowest BCUT2D eigenvalue weighted by Gasteiger charge is -2.15. The first-order valence-corrected chi connectivity index (χ1v) is 6.16. The van der Waals surface area contributed by atoms with E-state index in [1.807, 2.05) is 5.32 Å². The summed E-state index contributed by atoms with van der Waals surface area (Å²) in [6, 6.07) is 2.91. The number of halogens is 2. The Morgan fingerprint density at radius 3 is 2.60 bits per heavy atom. The van der Waals surface area contributed by atoms with E-state index in [0.717, 1.165) is 12.1 Å². The first-order chi connectivity index (χ1) is 9.49. The van der Waals surface area contributed by atoms with E-state index in [0.29, 0.717) is 12.8 Å². The van der Waals surface area contributed by atoms with E-state index in [9.17, 15) is 18.4 Å². The van der Waals surface area contributed by atoms with Crippen molar-refractivity contribution in [1.29, 1.82) is 0 Å². The largest absolute Gasteiger partial charge is 0.396 e. The van der Waals surface area contributed by atoms with E-state index in [1.54, 1.807) is 6.92 Å². The molecule has 1 rings (SSSR count). The van der Waals surface area contributed by atoms with Crippen LogP contribution >= 0.6 is 0 Å². The summed E-state index contributed by atoms with van der Waals surface area (Å²) in [4.78, 5) is 23.1. The first-order valence-electron chi connectivity index (χ1n) is 6.16. The van der Waals surface area contributed by atoms with Crippen LogP contribution in [0.4, 0.5) is 14.5 Å². The van der Waals surface area contributed by atoms with Gasteiger partial charge in [0.1, 0.15) is 0 Å². The highest BCUT2D eigenvalue weighted by molar-refractivity contribution is 6.39. The molecular weight excluding hydrogens is 270 g/mol. The minimum absolute atomic E-state index is 0.126. The van der Waals surface area contributed by atoms with E-state index in [-0.39, 0.29) is 12.6 Å². The van der Waals surface area contributed by atoms with Crippen molar-refractivity contribution in [2.75, 3.05) is 11.9 Å². The Morgan fingerprint density at radius 2 is 2.00 bits per heavy atom. The van der Waals surface area contributed by atoms with Gasteiger partial charge in [-0.05, 0) is 25.0 Å². The van der Waals surface area contributed by atoms with Gasteiger partial charge in [0.05, 0.1) is 5.69 Å². The van der Waals surface area contributed by atoms with E-state index in [2.05, 4.69) is 5.32 Å². The van der Waals surface area contributed by atoms with Crippen molar-refractivity contribution in [2.24, 2.45) is 0 Å². The number of benzene rings is 1. The molecule has 1 unspecified atom stereocenters.